The molecule has 0 aromatic heterocycles. The number of benzene rings is 4. The van der Waals surface area contributed by atoms with Crippen LogP contribution < -0.4 is 4.74 Å². The van der Waals surface area contributed by atoms with Crippen LogP contribution in [-0.4, -0.2) is 44.1 Å². The second-order valence-corrected chi connectivity index (χ2v) is 10.7. The Bertz CT molecular complexity index is 1610. The topological polar surface area (TPSA) is 174 Å². The minimum Gasteiger partial charge on any atom is -0.493 e. The molecule has 4 aromatic rings. The third-order valence-electron chi connectivity index (χ3n) is 5.18. The van der Waals surface area contributed by atoms with Crippen LogP contribution in [0.1, 0.15) is 12.8 Å². The molecule has 14 heteroatoms. The highest BCUT2D eigenvalue weighted by Gasteiger charge is 2.26. The Morgan fingerprint density at radius 2 is 1.41 bits per heavy atom. The van der Waals surface area contributed by atoms with E-state index < -0.39 is 30.0 Å². The standard InChI is InChI=1S/C20H16O11S3/c21-7-1-2-8-29-15-9-17(33(23,24)25)13-5-6-14-18(34(26,27)28)10-16(32-31-30-22)12-4-3-11(15)19(13)20(12)14/h3-7,9-10,22H,1-2,8H2,(H,23,24,25)(H,26,27,28). The average molecular weight is 529 g/mol. The van der Waals surface area contributed by atoms with Gasteiger partial charge in [-0.15, -0.1) is 4.33 Å². The fourth-order valence-electron chi connectivity index (χ4n) is 3.88. The summed E-state index contributed by atoms with van der Waals surface area (Å²) in [5.74, 6) is 0.0850. The number of hydrogen-bond donors (Lipinski definition) is 3. The maximum atomic E-state index is 12.2. The normalized spacial score (nSPS) is 12.7. The van der Waals surface area contributed by atoms with Gasteiger partial charge in [0.15, 0.2) is 0 Å². The third kappa shape index (κ3) is 4.42. The second kappa shape index (κ2) is 9.24. The molecule has 4 rings (SSSR count). The highest BCUT2D eigenvalue weighted by Crippen LogP contribution is 2.46. The summed E-state index contributed by atoms with van der Waals surface area (Å²) in [4.78, 5) is 9.74. The molecule has 0 aliphatic rings. The van der Waals surface area contributed by atoms with E-state index in [0.717, 1.165) is 12.1 Å². The number of unbranched alkanes of at least 4 members (excludes halogenated alkanes) is 1. The van der Waals surface area contributed by atoms with Crippen LogP contribution >= 0.6 is 12.0 Å². The van der Waals surface area contributed by atoms with Crippen LogP contribution in [0, 0.1) is 0 Å². The van der Waals surface area contributed by atoms with Gasteiger partial charge in [-0.25, -0.2) is 5.26 Å². The van der Waals surface area contributed by atoms with Crippen molar-refractivity contribution in [2.45, 2.75) is 27.5 Å². The van der Waals surface area contributed by atoms with Crippen molar-refractivity contribution in [3.05, 3.63) is 36.4 Å². The molecule has 0 radical (unpaired) electrons. The zero-order valence-electron chi connectivity index (χ0n) is 17.0. The van der Waals surface area contributed by atoms with E-state index in [-0.39, 0.29) is 45.2 Å². The lowest BCUT2D eigenvalue weighted by molar-refractivity contribution is -0.432. The van der Waals surface area contributed by atoms with Gasteiger partial charge in [0.1, 0.15) is 21.8 Å². The highest BCUT2D eigenvalue weighted by atomic mass is 32.2. The van der Waals surface area contributed by atoms with Crippen LogP contribution in [0.4, 0.5) is 0 Å². The minimum absolute atomic E-state index is 0.0734. The Balaban J connectivity index is 2.16. The SMILES string of the molecule is O=CCCCOc1cc(S(=O)(=O)O)c2ccc3c(S(=O)(=O)O)cc(SOOO)c4ccc1c2c43. The molecule has 0 bridgehead atoms. The smallest absolute Gasteiger partial charge is 0.295 e. The van der Waals surface area contributed by atoms with Crippen LogP contribution in [0.15, 0.2) is 51.1 Å². The maximum absolute atomic E-state index is 12.2. The van der Waals surface area contributed by atoms with Gasteiger partial charge < -0.3 is 9.53 Å². The maximum Gasteiger partial charge on any atom is 0.295 e. The molecule has 0 amide bonds. The van der Waals surface area contributed by atoms with Gasteiger partial charge in [-0.2, -0.15) is 16.8 Å². The molecule has 34 heavy (non-hydrogen) atoms. The summed E-state index contributed by atoms with van der Waals surface area (Å²) in [7, 11) is -9.48. The summed E-state index contributed by atoms with van der Waals surface area (Å²) in [5.41, 5.74) is 0. The first-order valence-electron chi connectivity index (χ1n) is 9.52. The molecule has 0 aliphatic heterocycles. The van der Waals surface area contributed by atoms with E-state index >= 15 is 0 Å². The number of rotatable bonds is 10. The molecule has 0 saturated carbocycles. The predicted octanol–water partition coefficient (Wildman–Crippen LogP) is 3.86. The van der Waals surface area contributed by atoms with Crippen molar-refractivity contribution in [1.29, 1.82) is 0 Å². The van der Waals surface area contributed by atoms with E-state index in [0.29, 0.717) is 35.5 Å². The first-order valence-corrected chi connectivity index (χ1v) is 13.1. The van der Waals surface area contributed by atoms with Gasteiger partial charge in [-0.1, -0.05) is 23.2 Å². The van der Waals surface area contributed by atoms with E-state index in [1.807, 2.05) is 0 Å². The average Bonchev–Trinajstić information content (AvgIpc) is 2.77. The molecule has 11 nitrogen and oxygen atoms in total. The molecule has 4 aromatic carbocycles. The molecule has 180 valence electrons. The Hall–Kier alpha value is -2.56. The monoisotopic (exact) mass is 528 g/mol. The van der Waals surface area contributed by atoms with E-state index in [1.165, 1.54) is 12.1 Å². The number of ether oxygens (including phenoxy) is 1. The molecule has 0 spiro atoms. The van der Waals surface area contributed by atoms with Gasteiger partial charge in [0.2, 0.25) is 0 Å². The van der Waals surface area contributed by atoms with Crippen LogP contribution in [0.3, 0.4) is 0 Å². The van der Waals surface area contributed by atoms with Crippen molar-refractivity contribution in [2.75, 3.05) is 6.61 Å². The van der Waals surface area contributed by atoms with E-state index in [2.05, 4.69) is 9.37 Å². The quantitative estimate of drug-likeness (QED) is 0.0516. The molecular weight excluding hydrogens is 512 g/mol. The number of hydrogen-bond acceptors (Lipinski definition) is 10. The van der Waals surface area contributed by atoms with Crippen molar-refractivity contribution >= 4 is 70.9 Å². The molecule has 0 heterocycles. The minimum atomic E-state index is -4.75. The van der Waals surface area contributed by atoms with Gasteiger partial charge in [0, 0.05) is 44.3 Å². The molecular formula is C20H16O11S3. The second-order valence-electron chi connectivity index (χ2n) is 7.15. The van der Waals surface area contributed by atoms with E-state index in [9.17, 15) is 30.7 Å². The zero-order valence-corrected chi connectivity index (χ0v) is 19.4. The lowest BCUT2D eigenvalue weighted by atomic mass is 9.93. The molecule has 0 unspecified atom stereocenters. The summed E-state index contributed by atoms with van der Waals surface area (Å²) in [6, 6.07) is 8.08. The van der Waals surface area contributed by atoms with Crippen molar-refractivity contribution < 1.29 is 50.1 Å². The summed E-state index contributed by atoms with van der Waals surface area (Å²) in [5, 5.41) is 13.5. The van der Waals surface area contributed by atoms with E-state index in [1.54, 1.807) is 12.1 Å². The van der Waals surface area contributed by atoms with E-state index in [4.69, 9.17) is 9.99 Å². The van der Waals surface area contributed by atoms with Gasteiger partial charge in [-0.3, -0.25) is 9.11 Å². The predicted molar refractivity (Wildman–Crippen MR) is 121 cm³/mol. The van der Waals surface area contributed by atoms with Gasteiger partial charge in [0.05, 0.1) is 18.6 Å². The van der Waals surface area contributed by atoms with Gasteiger partial charge in [0.25, 0.3) is 20.2 Å². The van der Waals surface area contributed by atoms with Crippen molar-refractivity contribution in [2.24, 2.45) is 0 Å². The number of carbonyl (C=O) groups is 1. The molecule has 0 atom stereocenters. The Labute approximate surface area is 197 Å². The Morgan fingerprint density at radius 3 is 2.00 bits per heavy atom. The van der Waals surface area contributed by atoms with Crippen LogP contribution in [0.2, 0.25) is 0 Å². The van der Waals surface area contributed by atoms with Crippen LogP contribution in [0.5, 0.6) is 5.75 Å². The lowest BCUT2D eigenvalue weighted by Crippen LogP contribution is -2.05. The fourth-order valence-corrected chi connectivity index (χ4v) is 5.90. The largest absolute Gasteiger partial charge is 0.493 e. The molecule has 3 N–H and O–H groups in total. The fraction of sp³-hybridized carbons (Fsp3) is 0.150. The van der Waals surface area contributed by atoms with Crippen molar-refractivity contribution in [3.63, 3.8) is 0 Å². The van der Waals surface area contributed by atoms with Crippen LogP contribution in [-0.2, 0) is 34.4 Å². The van der Waals surface area contributed by atoms with Gasteiger partial charge >= 0.3 is 0 Å². The van der Waals surface area contributed by atoms with Gasteiger partial charge in [-0.05, 0) is 23.9 Å². The summed E-state index contributed by atoms with van der Waals surface area (Å²) in [6.07, 6.45) is 1.30. The molecule has 0 aliphatic carbocycles. The Morgan fingerprint density at radius 1 is 0.853 bits per heavy atom. The molecule has 0 fully saturated rings. The van der Waals surface area contributed by atoms with Crippen LogP contribution in [0.25, 0.3) is 32.3 Å². The Kier molecular flexibility index (Phi) is 6.67. The highest BCUT2D eigenvalue weighted by molar-refractivity contribution is 7.94. The van der Waals surface area contributed by atoms with Crippen molar-refractivity contribution in [3.8, 4) is 5.75 Å². The first kappa shape index (κ1) is 24.6. The summed E-state index contributed by atoms with van der Waals surface area (Å²) in [6.45, 7) is 0.0761. The third-order valence-corrected chi connectivity index (χ3v) is 7.61. The summed E-state index contributed by atoms with van der Waals surface area (Å²) >= 11 is 0.457. The first-order chi connectivity index (χ1) is 16.1. The zero-order chi connectivity index (χ0) is 24.7. The molecule has 0 saturated heterocycles. The lowest BCUT2D eigenvalue weighted by Gasteiger charge is -2.19. The number of aldehydes is 1. The van der Waals surface area contributed by atoms with Crippen molar-refractivity contribution in [1.82, 2.24) is 0 Å². The summed E-state index contributed by atoms with van der Waals surface area (Å²) < 4.78 is 78.5. The number of carbonyl (C=O) groups excluding carboxylic acids is 1.